The minimum absolute atomic E-state index is 0.441. The van der Waals surface area contributed by atoms with Crippen molar-refractivity contribution in [3.8, 4) is 0 Å². The van der Waals surface area contributed by atoms with Crippen LogP contribution in [0, 0.1) is 0 Å². The third-order valence-corrected chi connectivity index (χ3v) is 2.90. The molecular weight excluding hydrogens is 310 g/mol. The molecule has 0 aliphatic heterocycles. The maximum atomic E-state index is 11.6. The van der Waals surface area contributed by atoms with Crippen molar-refractivity contribution in [3.63, 3.8) is 0 Å². The van der Waals surface area contributed by atoms with Gasteiger partial charge in [0.05, 0.1) is 12.1 Å². The summed E-state index contributed by atoms with van der Waals surface area (Å²) in [5, 5.41) is 12.8. The number of carbonyl (C=O) groups is 1. The number of hydrogen-bond donors (Lipinski definition) is 2. The molecule has 0 saturated carbocycles. The number of nitrogens with one attached hydrogen (secondary N) is 1. The van der Waals surface area contributed by atoms with Gasteiger partial charge in [0.15, 0.2) is 0 Å². The summed E-state index contributed by atoms with van der Waals surface area (Å²) in [6, 6.07) is 6.90. The van der Waals surface area contributed by atoms with Gasteiger partial charge in [-0.05, 0) is 45.4 Å². The third-order valence-electron chi connectivity index (χ3n) is 2.41. The van der Waals surface area contributed by atoms with E-state index in [1.807, 2.05) is 24.3 Å². The molecule has 0 fully saturated rings. The Labute approximate surface area is 122 Å². The Morgan fingerprint density at radius 3 is 2.58 bits per heavy atom. The molecule has 5 heteroatoms. The summed E-state index contributed by atoms with van der Waals surface area (Å²) < 4.78 is 6.03. The topological polar surface area (TPSA) is 58.6 Å². The van der Waals surface area contributed by atoms with E-state index in [4.69, 9.17) is 4.74 Å². The second-order valence-electron chi connectivity index (χ2n) is 5.43. The van der Waals surface area contributed by atoms with Gasteiger partial charge in [0, 0.05) is 4.47 Å². The number of amides is 1. The summed E-state index contributed by atoms with van der Waals surface area (Å²) in [4.78, 5) is 11.6. The first kappa shape index (κ1) is 16.0. The fourth-order valence-electron chi connectivity index (χ4n) is 1.55. The summed E-state index contributed by atoms with van der Waals surface area (Å²) in [5.74, 6) is 0. The zero-order valence-corrected chi connectivity index (χ0v) is 13.2. The fourth-order valence-corrected chi connectivity index (χ4v) is 1.97. The van der Waals surface area contributed by atoms with Crippen LogP contribution in [0.2, 0.25) is 0 Å². The van der Waals surface area contributed by atoms with Gasteiger partial charge in [-0.25, -0.2) is 4.79 Å². The van der Waals surface area contributed by atoms with E-state index in [-0.39, 0.29) is 0 Å². The van der Waals surface area contributed by atoms with Gasteiger partial charge in [-0.3, -0.25) is 0 Å². The Balaban J connectivity index is 2.63. The van der Waals surface area contributed by atoms with Gasteiger partial charge in [0.2, 0.25) is 0 Å². The molecule has 0 bridgehead atoms. The molecule has 4 nitrogen and oxygen atoms in total. The molecule has 106 valence electrons. The minimum atomic E-state index is -0.787. The molecule has 2 N–H and O–H groups in total. The second kappa shape index (κ2) is 6.39. The minimum Gasteiger partial charge on any atom is -0.444 e. The normalized spacial score (nSPS) is 14.6. The number of rotatable bonds is 3. The lowest BCUT2D eigenvalue weighted by atomic mass is 10.0. The average Bonchev–Trinajstić information content (AvgIpc) is 2.25. The Morgan fingerprint density at radius 2 is 2.05 bits per heavy atom. The number of aliphatic hydroxyl groups excluding tert-OH is 1. The van der Waals surface area contributed by atoms with Crippen LogP contribution in [0.4, 0.5) is 4.79 Å². The van der Waals surface area contributed by atoms with Gasteiger partial charge in [-0.1, -0.05) is 28.1 Å². The van der Waals surface area contributed by atoms with Crippen molar-refractivity contribution in [3.05, 3.63) is 34.3 Å². The van der Waals surface area contributed by atoms with Gasteiger partial charge in [-0.15, -0.1) is 0 Å². The van der Waals surface area contributed by atoms with E-state index in [1.54, 1.807) is 27.7 Å². The van der Waals surface area contributed by atoms with E-state index in [1.165, 1.54) is 0 Å². The highest BCUT2D eigenvalue weighted by molar-refractivity contribution is 9.10. The van der Waals surface area contributed by atoms with Crippen LogP contribution in [-0.2, 0) is 4.74 Å². The second-order valence-corrected chi connectivity index (χ2v) is 6.35. The van der Waals surface area contributed by atoms with Crippen LogP contribution in [-0.4, -0.2) is 22.8 Å². The Morgan fingerprint density at radius 1 is 1.42 bits per heavy atom. The van der Waals surface area contributed by atoms with Crippen LogP contribution >= 0.6 is 15.9 Å². The molecule has 1 aromatic rings. The molecule has 1 rings (SSSR count). The number of alkyl carbamates (subject to hydrolysis) is 1. The van der Waals surface area contributed by atoms with E-state index in [9.17, 15) is 9.90 Å². The molecule has 0 aliphatic rings. The highest BCUT2D eigenvalue weighted by Crippen LogP contribution is 2.21. The zero-order chi connectivity index (χ0) is 14.6. The Kier molecular flexibility index (Phi) is 5.38. The Bertz CT molecular complexity index is 443. The molecule has 19 heavy (non-hydrogen) atoms. The average molecular weight is 330 g/mol. The number of ether oxygens (including phenoxy) is 1. The highest BCUT2D eigenvalue weighted by Gasteiger charge is 2.22. The van der Waals surface area contributed by atoms with E-state index in [2.05, 4.69) is 21.2 Å². The fraction of sp³-hybridized carbons (Fsp3) is 0.500. The summed E-state index contributed by atoms with van der Waals surface area (Å²) in [7, 11) is 0. The van der Waals surface area contributed by atoms with Crippen molar-refractivity contribution in [2.75, 3.05) is 0 Å². The van der Waals surface area contributed by atoms with Crippen molar-refractivity contribution in [1.29, 1.82) is 0 Å². The molecule has 0 heterocycles. The summed E-state index contributed by atoms with van der Waals surface area (Å²) in [6.07, 6.45) is -1.32. The number of aliphatic hydroxyl groups is 1. The molecule has 0 saturated heterocycles. The lowest BCUT2D eigenvalue weighted by Gasteiger charge is -2.24. The first-order chi connectivity index (χ1) is 8.69. The van der Waals surface area contributed by atoms with Crippen molar-refractivity contribution in [2.45, 2.75) is 45.4 Å². The molecule has 0 aliphatic carbocycles. The van der Waals surface area contributed by atoms with Gasteiger partial charge >= 0.3 is 6.09 Å². The number of hydrogen-bond acceptors (Lipinski definition) is 3. The molecule has 2 atom stereocenters. The third kappa shape index (κ3) is 5.61. The predicted molar refractivity (Wildman–Crippen MR) is 77.9 cm³/mol. The predicted octanol–water partition coefficient (Wildman–Crippen LogP) is 3.40. The molecule has 0 unspecified atom stereocenters. The number of carbonyl (C=O) groups excluding carboxylic acids is 1. The lowest BCUT2D eigenvalue weighted by molar-refractivity contribution is 0.0436. The SMILES string of the molecule is C[C@@H](NC(=O)OC(C)(C)C)[C@@H](O)c1cccc(Br)c1. The maximum Gasteiger partial charge on any atom is 0.407 e. The van der Waals surface area contributed by atoms with Crippen LogP contribution in [0.25, 0.3) is 0 Å². The molecule has 0 radical (unpaired) electrons. The van der Waals surface area contributed by atoms with Crippen molar-refractivity contribution in [2.24, 2.45) is 0 Å². The summed E-state index contributed by atoms with van der Waals surface area (Å²) in [6.45, 7) is 7.11. The van der Waals surface area contributed by atoms with Gasteiger partial charge in [-0.2, -0.15) is 0 Å². The quantitative estimate of drug-likeness (QED) is 0.893. The van der Waals surface area contributed by atoms with E-state index in [0.29, 0.717) is 0 Å². The van der Waals surface area contributed by atoms with Crippen LogP contribution in [0.15, 0.2) is 28.7 Å². The lowest BCUT2D eigenvalue weighted by Crippen LogP contribution is -2.40. The van der Waals surface area contributed by atoms with Gasteiger partial charge in [0.1, 0.15) is 5.60 Å². The van der Waals surface area contributed by atoms with Crippen molar-refractivity contribution in [1.82, 2.24) is 5.32 Å². The summed E-state index contributed by atoms with van der Waals surface area (Å²) in [5.41, 5.74) is 0.183. The Hall–Kier alpha value is -1.07. The first-order valence-electron chi connectivity index (χ1n) is 6.12. The van der Waals surface area contributed by atoms with Crippen LogP contribution in [0.5, 0.6) is 0 Å². The van der Waals surface area contributed by atoms with E-state index >= 15 is 0 Å². The molecule has 1 aromatic carbocycles. The van der Waals surface area contributed by atoms with Crippen molar-refractivity contribution < 1.29 is 14.6 Å². The molecule has 0 aromatic heterocycles. The van der Waals surface area contributed by atoms with Crippen LogP contribution in [0.3, 0.4) is 0 Å². The standard InChI is InChI=1S/C14H20BrNO3/c1-9(16-13(18)19-14(2,3)4)12(17)10-6-5-7-11(15)8-10/h5-9,12,17H,1-4H3,(H,16,18)/t9-,12-/m1/s1. The smallest absolute Gasteiger partial charge is 0.407 e. The number of halogens is 1. The van der Waals surface area contributed by atoms with Crippen molar-refractivity contribution >= 4 is 22.0 Å². The number of benzene rings is 1. The van der Waals surface area contributed by atoms with Crippen LogP contribution in [0.1, 0.15) is 39.4 Å². The molecular formula is C14H20BrNO3. The maximum absolute atomic E-state index is 11.6. The molecule has 1 amide bonds. The van der Waals surface area contributed by atoms with Gasteiger partial charge in [0.25, 0.3) is 0 Å². The van der Waals surface area contributed by atoms with E-state index in [0.717, 1.165) is 10.0 Å². The first-order valence-corrected chi connectivity index (χ1v) is 6.91. The highest BCUT2D eigenvalue weighted by atomic mass is 79.9. The van der Waals surface area contributed by atoms with Crippen LogP contribution < -0.4 is 5.32 Å². The molecule has 0 spiro atoms. The summed E-state index contributed by atoms with van der Waals surface area (Å²) >= 11 is 3.35. The zero-order valence-electron chi connectivity index (χ0n) is 11.6. The monoisotopic (exact) mass is 329 g/mol. The largest absolute Gasteiger partial charge is 0.444 e. The van der Waals surface area contributed by atoms with E-state index < -0.39 is 23.8 Å². The van der Waals surface area contributed by atoms with Gasteiger partial charge < -0.3 is 15.2 Å².